The first kappa shape index (κ1) is 27.5. The molecule has 0 aliphatic carbocycles. The fourth-order valence-electron chi connectivity index (χ4n) is 3.85. The second-order valence-corrected chi connectivity index (χ2v) is 9.24. The summed E-state index contributed by atoms with van der Waals surface area (Å²) in [6.45, 7) is 0.446. The van der Waals surface area contributed by atoms with Gasteiger partial charge in [0.05, 0.1) is 27.1 Å². The van der Waals surface area contributed by atoms with Crippen molar-refractivity contribution in [3.05, 3.63) is 86.5 Å². The number of rotatable bonds is 12. The number of ether oxygens (including phenoxy) is 3. The predicted molar refractivity (Wildman–Crippen MR) is 145 cm³/mol. The van der Waals surface area contributed by atoms with Gasteiger partial charge in [0.25, 0.3) is 5.56 Å². The molecule has 0 bridgehead atoms. The highest BCUT2D eigenvalue weighted by atomic mass is 32.2. The van der Waals surface area contributed by atoms with Gasteiger partial charge in [0.1, 0.15) is 11.6 Å². The number of H-pyrrole nitrogens is 2. The van der Waals surface area contributed by atoms with E-state index in [1.54, 1.807) is 38.0 Å². The van der Waals surface area contributed by atoms with Crippen molar-refractivity contribution < 1.29 is 19.0 Å². The fraction of sp³-hybridized carbons (Fsp3) is 0.269. The maximum absolute atomic E-state index is 12.6. The lowest BCUT2D eigenvalue weighted by Crippen LogP contribution is -2.27. The lowest BCUT2D eigenvalue weighted by atomic mass is 10.1. The number of nitrogens with zero attached hydrogens (tertiary/aromatic N) is 3. The van der Waals surface area contributed by atoms with Gasteiger partial charge in [0.15, 0.2) is 16.7 Å². The van der Waals surface area contributed by atoms with Gasteiger partial charge in [-0.05, 0) is 48.4 Å². The minimum absolute atomic E-state index is 0.113. The first-order valence-electron chi connectivity index (χ1n) is 11.9. The minimum atomic E-state index is -0.604. The average Bonchev–Trinajstić information content (AvgIpc) is 3.33. The van der Waals surface area contributed by atoms with E-state index in [4.69, 9.17) is 14.2 Å². The molecule has 0 saturated carbocycles. The third-order valence-electron chi connectivity index (χ3n) is 5.71. The first-order valence-corrected chi connectivity index (χ1v) is 12.9. The molecule has 3 N–H and O–H groups in total. The molecule has 0 aliphatic heterocycles. The molecule has 2 aromatic carbocycles. The Morgan fingerprint density at radius 2 is 1.72 bits per heavy atom. The van der Waals surface area contributed by atoms with Crippen molar-refractivity contribution in [1.82, 2.24) is 30.0 Å². The van der Waals surface area contributed by atoms with E-state index < -0.39 is 11.2 Å². The number of aromatic amines is 2. The highest BCUT2D eigenvalue weighted by Gasteiger charge is 2.17. The van der Waals surface area contributed by atoms with Crippen LogP contribution in [0.3, 0.4) is 0 Å². The van der Waals surface area contributed by atoms with Crippen LogP contribution in [0.1, 0.15) is 17.1 Å². The van der Waals surface area contributed by atoms with Crippen LogP contribution < -0.4 is 30.8 Å². The summed E-state index contributed by atoms with van der Waals surface area (Å²) in [6.07, 6.45) is 0.771. The molecule has 0 fully saturated rings. The molecule has 4 rings (SSSR count). The quantitative estimate of drug-likeness (QED) is 0.223. The van der Waals surface area contributed by atoms with E-state index in [0.29, 0.717) is 46.9 Å². The van der Waals surface area contributed by atoms with E-state index in [9.17, 15) is 14.4 Å². The van der Waals surface area contributed by atoms with E-state index in [1.807, 2.05) is 30.3 Å². The second kappa shape index (κ2) is 12.8. The van der Waals surface area contributed by atoms with Gasteiger partial charge in [-0.1, -0.05) is 17.8 Å². The molecule has 0 spiro atoms. The fourth-order valence-corrected chi connectivity index (χ4v) is 4.65. The van der Waals surface area contributed by atoms with E-state index in [1.165, 1.54) is 17.8 Å². The van der Waals surface area contributed by atoms with Gasteiger partial charge in [-0.2, -0.15) is 0 Å². The van der Waals surface area contributed by atoms with Crippen LogP contribution in [0.5, 0.6) is 17.2 Å². The number of methoxy groups -OCH3 is 3. The summed E-state index contributed by atoms with van der Waals surface area (Å²) >= 11 is 1.22. The Balaban J connectivity index is 1.45. The molecule has 0 aliphatic rings. The van der Waals surface area contributed by atoms with Crippen LogP contribution in [-0.2, 0) is 17.6 Å². The van der Waals surface area contributed by atoms with E-state index >= 15 is 0 Å². The molecular formula is C26H28N6O6S. The molecule has 0 radical (unpaired) electrons. The summed E-state index contributed by atoms with van der Waals surface area (Å²) in [5.74, 6) is 2.39. The third kappa shape index (κ3) is 7.08. The van der Waals surface area contributed by atoms with Crippen LogP contribution in [0.2, 0.25) is 0 Å². The predicted octanol–water partition coefficient (Wildman–Crippen LogP) is 1.71. The molecule has 0 unspecified atom stereocenters. The molecule has 2 aromatic heterocycles. The minimum Gasteiger partial charge on any atom is -0.497 e. The van der Waals surface area contributed by atoms with Crippen LogP contribution in [0.25, 0.3) is 5.69 Å². The first-order chi connectivity index (χ1) is 18.9. The lowest BCUT2D eigenvalue weighted by molar-refractivity contribution is -0.118. The number of thioether (sulfide) groups is 1. The van der Waals surface area contributed by atoms with Crippen LogP contribution in [0.4, 0.5) is 0 Å². The number of aromatic nitrogens is 5. The van der Waals surface area contributed by atoms with Crippen molar-refractivity contribution in [2.24, 2.45) is 0 Å². The van der Waals surface area contributed by atoms with Gasteiger partial charge < -0.3 is 24.5 Å². The van der Waals surface area contributed by atoms with Crippen LogP contribution in [0.15, 0.2) is 63.3 Å². The summed E-state index contributed by atoms with van der Waals surface area (Å²) in [4.78, 5) is 40.8. The number of benzene rings is 2. The van der Waals surface area contributed by atoms with Crippen LogP contribution in [-0.4, -0.2) is 64.3 Å². The van der Waals surface area contributed by atoms with E-state index in [2.05, 4.69) is 25.5 Å². The Kier molecular flexibility index (Phi) is 9.05. The van der Waals surface area contributed by atoms with Gasteiger partial charge in [-0.15, -0.1) is 10.2 Å². The third-order valence-corrected chi connectivity index (χ3v) is 6.64. The van der Waals surface area contributed by atoms with Gasteiger partial charge >= 0.3 is 5.69 Å². The highest BCUT2D eigenvalue weighted by Crippen LogP contribution is 2.28. The van der Waals surface area contributed by atoms with Gasteiger partial charge in [0.2, 0.25) is 5.91 Å². The Morgan fingerprint density at radius 3 is 2.41 bits per heavy atom. The summed E-state index contributed by atoms with van der Waals surface area (Å²) in [7, 11) is 4.74. The number of carbonyl (C=O) groups is 1. The van der Waals surface area contributed by atoms with E-state index in [-0.39, 0.29) is 18.1 Å². The maximum atomic E-state index is 12.6. The average molecular weight is 553 g/mol. The molecule has 13 heteroatoms. The zero-order chi connectivity index (χ0) is 27.8. The smallest absolute Gasteiger partial charge is 0.325 e. The molecule has 204 valence electrons. The van der Waals surface area contributed by atoms with Crippen LogP contribution in [0, 0.1) is 0 Å². The monoisotopic (exact) mass is 552 g/mol. The zero-order valence-corrected chi connectivity index (χ0v) is 22.5. The number of hydrogen-bond donors (Lipinski definition) is 3. The largest absolute Gasteiger partial charge is 0.497 e. The molecule has 0 saturated heterocycles. The second-order valence-electron chi connectivity index (χ2n) is 8.30. The van der Waals surface area contributed by atoms with Crippen molar-refractivity contribution in [1.29, 1.82) is 0 Å². The Hall–Kier alpha value is -4.52. The van der Waals surface area contributed by atoms with Crippen molar-refractivity contribution in [2.75, 3.05) is 33.6 Å². The molecular weight excluding hydrogens is 524 g/mol. The summed E-state index contributed by atoms with van der Waals surface area (Å²) in [5, 5.41) is 11.9. The summed E-state index contributed by atoms with van der Waals surface area (Å²) in [6, 6.07) is 14.2. The van der Waals surface area contributed by atoms with Gasteiger partial charge in [-0.25, -0.2) is 4.79 Å². The molecule has 0 atom stereocenters. The van der Waals surface area contributed by atoms with Crippen molar-refractivity contribution in [3.63, 3.8) is 0 Å². The molecule has 4 aromatic rings. The number of amides is 1. The SMILES string of the molecule is COc1ccc(-n2c(Cc3cc(=O)[nH]c(=O)[nH]3)nnc2SCC(=O)NCCc2ccc(OC)c(OC)c2)cc1. The van der Waals surface area contributed by atoms with Crippen molar-refractivity contribution in [3.8, 4) is 22.9 Å². The van der Waals surface area contributed by atoms with Gasteiger partial charge in [0, 0.05) is 30.4 Å². The highest BCUT2D eigenvalue weighted by molar-refractivity contribution is 7.99. The van der Waals surface area contributed by atoms with Crippen molar-refractivity contribution in [2.45, 2.75) is 18.0 Å². The molecule has 2 heterocycles. The number of carbonyl (C=O) groups excluding carboxylic acids is 1. The number of nitrogens with one attached hydrogen (secondary N) is 3. The summed E-state index contributed by atoms with van der Waals surface area (Å²) < 4.78 is 17.6. The standard InChI is InChI=1S/C26H28N6O6S/c1-36-19-7-5-18(6-8-19)32-22(13-17-14-23(33)29-25(35)28-17)30-31-26(32)39-15-24(34)27-11-10-16-4-9-20(37-2)21(12-16)38-3/h4-9,12,14H,10-11,13,15H2,1-3H3,(H,27,34)(H2,28,29,33,35). The zero-order valence-electron chi connectivity index (χ0n) is 21.6. The molecule has 12 nitrogen and oxygen atoms in total. The summed E-state index contributed by atoms with van der Waals surface area (Å²) in [5.41, 5.74) is 1.01. The molecule has 1 amide bonds. The Morgan fingerprint density at radius 1 is 0.949 bits per heavy atom. The Labute approximate surface area is 227 Å². The van der Waals surface area contributed by atoms with E-state index in [0.717, 1.165) is 11.3 Å². The molecule has 39 heavy (non-hydrogen) atoms. The van der Waals surface area contributed by atoms with Crippen LogP contribution >= 0.6 is 11.8 Å². The lowest BCUT2D eigenvalue weighted by Gasteiger charge is -2.11. The van der Waals surface area contributed by atoms with Gasteiger partial charge in [-0.3, -0.25) is 19.1 Å². The normalized spacial score (nSPS) is 10.7. The van der Waals surface area contributed by atoms with Crippen molar-refractivity contribution >= 4 is 17.7 Å². The number of hydrogen-bond acceptors (Lipinski definition) is 9. The Bertz CT molecular complexity index is 1520. The topological polar surface area (TPSA) is 153 Å². The maximum Gasteiger partial charge on any atom is 0.325 e.